The Morgan fingerprint density at radius 2 is 0.870 bits per heavy atom. The van der Waals surface area contributed by atoms with Crippen molar-refractivity contribution in [2.75, 3.05) is 4.90 Å². The third-order valence-electron chi connectivity index (χ3n) is 9.47. The molecule has 0 saturated carbocycles. The summed E-state index contributed by atoms with van der Waals surface area (Å²) < 4.78 is 0. The summed E-state index contributed by atoms with van der Waals surface area (Å²) in [5, 5.41) is 0. The van der Waals surface area contributed by atoms with E-state index in [0.717, 1.165) is 17.1 Å². The second-order valence-electron chi connectivity index (χ2n) is 12.6. The number of benzene rings is 7. The molecule has 0 heterocycles. The Hall–Kier alpha value is -5.66. The molecule has 0 fully saturated rings. The quantitative estimate of drug-likeness (QED) is 0.186. The lowest BCUT2D eigenvalue weighted by atomic mass is 9.81. The molecule has 0 amide bonds. The van der Waals surface area contributed by atoms with E-state index < -0.39 is 0 Å². The van der Waals surface area contributed by atoms with E-state index in [9.17, 15) is 0 Å². The Balaban J connectivity index is 1.23. The molecule has 46 heavy (non-hydrogen) atoms. The van der Waals surface area contributed by atoms with Gasteiger partial charge in [-0.1, -0.05) is 147 Å². The normalized spacial score (nSPS) is 12.7. The van der Waals surface area contributed by atoms with Crippen molar-refractivity contribution >= 4 is 17.1 Å². The van der Waals surface area contributed by atoms with Crippen LogP contribution in [-0.2, 0) is 5.41 Å². The molecular formula is C45H35N. The molecule has 7 aromatic rings. The van der Waals surface area contributed by atoms with Crippen LogP contribution < -0.4 is 4.90 Å². The van der Waals surface area contributed by atoms with Crippen molar-refractivity contribution < 1.29 is 0 Å². The van der Waals surface area contributed by atoms with Gasteiger partial charge in [0.25, 0.3) is 0 Å². The second-order valence-corrected chi connectivity index (χ2v) is 12.6. The first kappa shape index (κ1) is 27.9. The van der Waals surface area contributed by atoms with Gasteiger partial charge in [0.05, 0.1) is 0 Å². The van der Waals surface area contributed by atoms with Crippen LogP contribution in [0.3, 0.4) is 0 Å². The summed E-state index contributed by atoms with van der Waals surface area (Å²) in [5.41, 5.74) is 16.2. The molecule has 0 bridgehead atoms. The van der Waals surface area contributed by atoms with Crippen LogP contribution in [0.2, 0.25) is 0 Å². The highest BCUT2D eigenvalue weighted by Crippen LogP contribution is 2.53. The molecule has 220 valence electrons. The Morgan fingerprint density at radius 1 is 0.348 bits per heavy atom. The van der Waals surface area contributed by atoms with E-state index in [1.54, 1.807) is 0 Å². The van der Waals surface area contributed by atoms with E-state index in [0.29, 0.717) is 0 Å². The minimum Gasteiger partial charge on any atom is -0.310 e. The lowest BCUT2D eigenvalue weighted by Gasteiger charge is -2.26. The average Bonchev–Trinajstić information content (AvgIpc) is 3.36. The largest absolute Gasteiger partial charge is 0.310 e. The van der Waals surface area contributed by atoms with Crippen molar-refractivity contribution in [3.8, 4) is 44.5 Å². The van der Waals surface area contributed by atoms with Gasteiger partial charge in [0.1, 0.15) is 0 Å². The van der Waals surface area contributed by atoms with Crippen molar-refractivity contribution in [1.82, 2.24) is 0 Å². The maximum atomic E-state index is 2.41. The Bertz CT molecular complexity index is 2140. The van der Waals surface area contributed by atoms with Gasteiger partial charge in [0, 0.05) is 22.5 Å². The summed E-state index contributed by atoms with van der Waals surface area (Å²) in [7, 11) is 0. The van der Waals surface area contributed by atoms with Gasteiger partial charge in [-0.2, -0.15) is 0 Å². The predicted molar refractivity (Wildman–Crippen MR) is 195 cm³/mol. The fourth-order valence-electron chi connectivity index (χ4n) is 7.12. The van der Waals surface area contributed by atoms with E-state index in [4.69, 9.17) is 0 Å². The fraction of sp³-hybridized carbons (Fsp3) is 0.0667. The molecule has 0 unspecified atom stereocenters. The summed E-state index contributed by atoms with van der Waals surface area (Å²) in [6.07, 6.45) is 0. The minimum absolute atomic E-state index is 0.0636. The highest BCUT2D eigenvalue weighted by atomic mass is 15.1. The van der Waals surface area contributed by atoms with Crippen LogP contribution in [0.25, 0.3) is 44.5 Å². The Morgan fingerprint density at radius 3 is 1.59 bits per heavy atom. The van der Waals surface area contributed by atoms with Crippen molar-refractivity contribution in [1.29, 1.82) is 0 Å². The Labute approximate surface area is 272 Å². The van der Waals surface area contributed by atoms with Crippen molar-refractivity contribution in [2.45, 2.75) is 19.3 Å². The van der Waals surface area contributed by atoms with E-state index in [1.165, 1.54) is 55.6 Å². The maximum Gasteiger partial charge on any atom is 0.0467 e. The van der Waals surface area contributed by atoms with Gasteiger partial charge in [-0.3, -0.25) is 0 Å². The van der Waals surface area contributed by atoms with Crippen LogP contribution in [0.4, 0.5) is 17.1 Å². The van der Waals surface area contributed by atoms with E-state index in [-0.39, 0.29) is 5.41 Å². The third kappa shape index (κ3) is 4.82. The zero-order valence-corrected chi connectivity index (χ0v) is 26.2. The summed E-state index contributed by atoms with van der Waals surface area (Å²) in [6.45, 7) is 4.71. The molecule has 1 aliphatic carbocycles. The first-order valence-corrected chi connectivity index (χ1v) is 16.0. The first-order chi connectivity index (χ1) is 22.6. The molecule has 0 spiro atoms. The molecule has 0 N–H and O–H groups in total. The van der Waals surface area contributed by atoms with E-state index in [2.05, 4.69) is 195 Å². The molecule has 1 aliphatic rings. The highest BCUT2D eigenvalue weighted by molar-refractivity contribution is 5.94. The van der Waals surface area contributed by atoms with E-state index >= 15 is 0 Å². The summed E-state index contributed by atoms with van der Waals surface area (Å²) >= 11 is 0. The van der Waals surface area contributed by atoms with Gasteiger partial charge in [0.2, 0.25) is 0 Å². The van der Waals surface area contributed by atoms with Crippen LogP contribution >= 0.6 is 0 Å². The summed E-state index contributed by atoms with van der Waals surface area (Å²) in [6, 6.07) is 63.7. The molecule has 0 radical (unpaired) electrons. The van der Waals surface area contributed by atoms with Crippen LogP contribution in [-0.4, -0.2) is 0 Å². The molecule has 0 aliphatic heterocycles. The molecular weight excluding hydrogens is 555 g/mol. The third-order valence-corrected chi connectivity index (χ3v) is 9.47. The second kappa shape index (κ2) is 11.4. The molecule has 7 aromatic carbocycles. The Kier molecular flexibility index (Phi) is 6.88. The van der Waals surface area contributed by atoms with Gasteiger partial charge in [0.15, 0.2) is 0 Å². The molecule has 0 atom stereocenters. The number of fused-ring (bicyclic) bond motifs is 3. The van der Waals surface area contributed by atoms with Crippen molar-refractivity contribution in [2.24, 2.45) is 0 Å². The predicted octanol–water partition coefficient (Wildman–Crippen LogP) is 12.5. The standard InChI is InChI=1S/C45H35N/c1-45(2)42-29-26-36(31-41(42)44-40(22-13-23-43(44)45)34-16-8-4-9-17-34)35-18-12-21-39(30-35)46(37-19-10-5-11-20-37)38-27-24-33(25-28-38)32-14-6-3-7-15-32/h3-31H,1-2H3. The van der Waals surface area contributed by atoms with Gasteiger partial charge in [-0.15, -0.1) is 0 Å². The lowest BCUT2D eigenvalue weighted by molar-refractivity contribution is 0.660. The number of rotatable bonds is 6. The number of nitrogens with zero attached hydrogens (tertiary/aromatic N) is 1. The van der Waals surface area contributed by atoms with Crippen LogP contribution in [0.15, 0.2) is 176 Å². The van der Waals surface area contributed by atoms with Gasteiger partial charge in [-0.05, 0) is 98.1 Å². The van der Waals surface area contributed by atoms with E-state index in [1.807, 2.05) is 0 Å². The molecule has 0 saturated heterocycles. The summed E-state index contributed by atoms with van der Waals surface area (Å²) in [5.74, 6) is 0. The molecule has 1 nitrogen and oxygen atoms in total. The van der Waals surface area contributed by atoms with Gasteiger partial charge in [-0.25, -0.2) is 0 Å². The van der Waals surface area contributed by atoms with Gasteiger partial charge < -0.3 is 4.90 Å². The number of anilines is 3. The number of hydrogen-bond donors (Lipinski definition) is 0. The van der Waals surface area contributed by atoms with Gasteiger partial charge >= 0.3 is 0 Å². The molecule has 0 aromatic heterocycles. The van der Waals surface area contributed by atoms with Crippen molar-refractivity contribution in [3.63, 3.8) is 0 Å². The molecule has 8 rings (SSSR count). The van der Waals surface area contributed by atoms with Crippen LogP contribution in [0, 0.1) is 0 Å². The smallest absolute Gasteiger partial charge is 0.0467 e. The van der Waals surface area contributed by atoms with Crippen LogP contribution in [0.5, 0.6) is 0 Å². The zero-order valence-electron chi connectivity index (χ0n) is 26.2. The lowest BCUT2D eigenvalue weighted by Crippen LogP contribution is -2.14. The SMILES string of the molecule is CC1(C)c2ccc(-c3cccc(N(c4ccccc4)c4ccc(-c5ccccc5)cc4)c3)cc2-c2c(-c3ccccc3)cccc21. The fourth-order valence-corrected chi connectivity index (χ4v) is 7.12. The maximum absolute atomic E-state index is 2.41. The minimum atomic E-state index is -0.0636. The summed E-state index contributed by atoms with van der Waals surface area (Å²) in [4.78, 5) is 2.34. The highest BCUT2D eigenvalue weighted by Gasteiger charge is 2.37. The number of hydrogen-bond acceptors (Lipinski definition) is 1. The monoisotopic (exact) mass is 589 g/mol. The topological polar surface area (TPSA) is 3.24 Å². The van der Waals surface area contributed by atoms with Crippen LogP contribution in [0.1, 0.15) is 25.0 Å². The molecule has 1 heteroatoms. The van der Waals surface area contributed by atoms with Crippen molar-refractivity contribution in [3.05, 3.63) is 187 Å². The number of para-hydroxylation sites is 1. The average molecular weight is 590 g/mol. The zero-order chi connectivity index (χ0) is 31.1. The first-order valence-electron chi connectivity index (χ1n) is 16.0.